The van der Waals surface area contributed by atoms with Gasteiger partial charge in [0, 0.05) is 18.0 Å². The zero-order valence-corrected chi connectivity index (χ0v) is 16.5. The zero-order valence-electron chi connectivity index (χ0n) is 16.5. The molecule has 3 rings (SSSR count). The van der Waals surface area contributed by atoms with Crippen LogP contribution in [0.4, 0.5) is 10.5 Å². The molecule has 2 heterocycles. The number of likely N-dealkylation sites (tertiary alicyclic amines) is 1. The summed E-state index contributed by atoms with van der Waals surface area (Å²) in [5.41, 5.74) is 2.48. The molecule has 6 heteroatoms. The third-order valence-corrected chi connectivity index (χ3v) is 5.19. The molecule has 1 aliphatic heterocycles. The van der Waals surface area contributed by atoms with Gasteiger partial charge in [0.1, 0.15) is 11.3 Å². The number of hydrogen-bond donors (Lipinski definition) is 1. The van der Waals surface area contributed by atoms with E-state index in [2.05, 4.69) is 48.7 Å². The number of piperidine rings is 1. The van der Waals surface area contributed by atoms with Gasteiger partial charge in [0.15, 0.2) is 0 Å². The summed E-state index contributed by atoms with van der Waals surface area (Å²) < 4.78 is 7.09. The van der Waals surface area contributed by atoms with E-state index in [0.29, 0.717) is 11.7 Å². The van der Waals surface area contributed by atoms with Crippen LogP contribution in [0.25, 0.3) is 11.0 Å². The molecule has 1 aliphatic rings. The maximum atomic E-state index is 11.7. The minimum absolute atomic E-state index is 0.0885. The molecule has 26 heavy (non-hydrogen) atoms. The highest BCUT2D eigenvalue weighted by molar-refractivity contribution is 5.97. The maximum Gasteiger partial charge on any atom is 0.411 e. The first-order valence-corrected chi connectivity index (χ1v) is 9.36. The first-order valence-electron chi connectivity index (χ1n) is 9.36. The molecule has 0 spiro atoms. The number of amides is 1. The Bertz CT molecular complexity index is 791. The number of para-hydroxylation sites is 1. The standard InChI is InChI=1S/C20H30N4O2/c1-20(2,3)18-22-17-15(21-19(25)26-5)10-8-11-16(17)24(18)13-14-9-6-7-12-23(14)4/h8,10-11,14H,6-7,9,12-13H2,1-5H3,(H,21,25). The van der Waals surface area contributed by atoms with E-state index in [4.69, 9.17) is 9.72 Å². The van der Waals surface area contributed by atoms with Crippen LogP contribution >= 0.6 is 0 Å². The van der Waals surface area contributed by atoms with Crippen molar-refractivity contribution in [2.75, 3.05) is 26.0 Å². The number of methoxy groups -OCH3 is 1. The molecule has 1 fully saturated rings. The van der Waals surface area contributed by atoms with Gasteiger partial charge in [0.05, 0.1) is 18.3 Å². The number of carbonyl (C=O) groups excluding carboxylic acids is 1. The number of carbonyl (C=O) groups is 1. The molecule has 1 amide bonds. The van der Waals surface area contributed by atoms with E-state index in [1.807, 2.05) is 12.1 Å². The monoisotopic (exact) mass is 358 g/mol. The van der Waals surface area contributed by atoms with Gasteiger partial charge in [-0.05, 0) is 38.6 Å². The fourth-order valence-corrected chi connectivity index (χ4v) is 3.75. The average Bonchev–Trinajstić information content (AvgIpc) is 2.97. The van der Waals surface area contributed by atoms with Crippen molar-refractivity contribution in [1.82, 2.24) is 14.5 Å². The number of fused-ring (bicyclic) bond motifs is 1. The summed E-state index contributed by atoms with van der Waals surface area (Å²) in [6.07, 6.45) is 3.29. The Kier molecular flexibility index (Phi) is 5.23. The van der Waals surface area contributed by atoms with Crippen LogP contribution in [0.15, 0.2) is 18.2 Å². The molecule has 0 saturated carbocycles. The van der Waals surface area contributed by atoms with Gasteiger partial charge >= 0.3 is 6.09 Å². The minimum Gasteiger partial charge on any atom is -0.453 e. The van der Waals surface area contributed by atoms with Crippen LogP contribution in [-0.2, 0) is 16.7 Å². The molecule has 1 aromatic heterocycles. The fourth-order valence-electron chi connectivity index (χ4n) is 3.75. The molecule has 1 unspecified atom stereocenters. The van der Waals surface area contributed by atoms with E-state index < -0.39 is 6.09 Å². The van der Waals surface area contributed by atoms with E-state index in [1.54, 1.807) is 0 Å². The second-order valence-electron chi connectivity index (χ2n) is 8.22. The first-order chi connectivity index (χ1) is 12.3. The number of hydrogen-bond acceptors (Lipinski definition) is 4. The van der Waals surface area contributed by atoms with Gasteiger partial charge in [0.2, 0.25) is 0 Å². The number of aromatic nitrogens is 2. The molecule has 1 N–H and O–H groups in total. The van der Waals surface area contributed by atoms with E-state index in [-0.39, 0.29) is 5.41 Å². The second-order valence-corrected chi connectivity index (χ2v) is 8.22. The molecule has 2 aromatic rings. The van der Waals surface area contributed by atoms with Crippen molar-refractivity contribution in [2.45, 2.75) is 58.0 Å². The van der Waals surface area contributed by atoms with Crippen molar-refractivity contribution in [3.63, 3.8) is 0 Å². The Hall–Kier alpha value is -2.08. The van der Waals surface area contributed by atoms with E-state index in [1.165, 1.54) is 26.4 Å². The van der Waals surface area contributed by atoms with Gasteiger partial charge < -0.3 is 14.2 Å². The maximum absolute atomic E-state index is 11.7. The van der Waals surface area contributed by atoms with Crippen LogP contribution in [0.1, 0.15) is 45.9 Å². The fraction of sp³-hybridized carbons (Fsp3) is 0.600. The van der Waals surface area contributed by atoms with Crippen molar-refractivity contribution in [3.8, 4) is 0 Å². The summed E-state index contributed by atoms with van der Waals surface area (Å²) in [5.74, 6) is 1.05. The van der Waals surface area contributed by atoms with Crippen molar-refractivity contribution < 1.29 is 9.53 Å². The normalized spacial score (nSPS) is 18.9. The van der Waals surface area contributed by atoms with Gasteiger partial charge in [-0.25, -0.2) is 9.78 Å². The van der Waals surface area contributed by atoms with Gasteiger partial charge in [-0.3, -0.25) is 5.32 Å². The summed E-state index contributed by atoms with van der Waals surface area (Å²) in [4.78, 5) is 19.1. The van der Waals surface area contributed by atoms with Gasteiger partial charge in [0.25, 0.3) is 0 Å². The van der Waals surface area contributed by atoms with Crippen LogP contribution < -0.4 is 5.32 Å². The molecular formula is C20H30N4O2. The number of benzene rings is 1. The third kappa shape index (κ3) is 3.70. The average molecular weight is 358 g/mol. The lowest BCUT2D eigenvalue weighted by Crippen LogP contribution is -2.40. The Labute approximate surface area is 155 Å². The van der Waals surface area contributed by atoms with Crippen molar-refractivity contribution in [2.24, 2.45) is 0 Å². The van der Waals surface area contributed by atoms with Crippen molar-refractivity contribution in [3.05, 3.63) is 24.0 Å². The highest BCUT2D eigenvalue weighted by Crippen LogP contribution is 2.31. The summed E-state index contributed by atoms with van der Waals surface area (Å²) in [7, 11) is 3.58. The van der Waals surface area contributed by atoms with Gasteiger partial charge in [-0.1, -0.05) is 33.3 Å². The summed E-state index contributed by atoms with van der Waals surface area (Å²) >= 11 is 0. The van der Waals surface area contributed by atoms with Gasteiger partial charge in [-0.15, -0.1) is 0 Å². The zero-order chi connectivity index (χ0) is 18.9. The summed E-state index contributed by atoms with van der Waals surface area (Å²) in [6, 6.07) is 6.43. The number of anilines is 1. The number of imidazole rings is 1. The molecule has 0 aliphatic carbocycles. The molecule has 0 radical (unpaired) electrons. The largest absolute Gasteiger partial charge is 0.453 e. The smallest absolute Gasteiger partial charge is 0.411 e. The topological polar surface area (TPSA) is 59.4 Å². The number of ether oxygens (including phenoxy) is 1. The highest BCUT2D eigenvalue weighted by atomic mass is 16.5. The van der Waals surface area contributed by atoms with Crippen LogP contribution in [0.2, 0.25) is 0 Å². The van der Waals surface area contributed by atoms with Crippen LogP contribution in [0, 0.1) is 0 Å². The van der Waals surface area contributed by atoms with E-state index in [9.17, 15) is 4.79 Å². The van der Waals surface area contributed by atoms with E-state index in [0.717, 1.165) is 29.9 Å². The van der Waals surface area contributed by atoms with E-state index >= 15 is 0 Å². The SMILES string of the molecule is COC(=O)Nc1cccc2c1nc(C(C)(C)C)n2CC1CCCCN1C. The molecule has 1 atom stereocenters. The Morgan fingerprint density at radius 2 is 2.12 bits per heavy atom. The molecular weight excluding hydrogens is 328 g/mol. The lowest BCUT2D eigenvalue weighted by atomic mass is 9.95. The predicted octanol–water partition coefficient (Wildman–Crippen LogP) is 4.00. The van der Waals surface area contributed by atoms with Crippen LogP contribution in [0.5, 0.6) is 0 Å². The third-order valence-electron chi connectivity index (χ3n) is 5.19. The van der Waals surface area contributed by atoms with Crippen molar-refractivity contribution >= 4 is 22.8 Å². The number of nitrogens with zero attached hydrogens (tertiary/aromatic N) is 3. The molecule has 6 nitrogen and oxygen atoms in total. The first kappa shape index (κ1) is 18.7. The van der Waals surface area contributed by atoms with Crippen molar-refractivity contribution in [1.29, 1.82) is 0 Å². The highest BCUT2D eigenvalue weighted by Gasteiger charge is 2.27. The number of likely N-dealkylation sites (N-methyl/N-ethyl adjacent to an activating group) is 1. The quantitative estimate of drug-likeness (QED) is 0.901. The lowest BCUT2D eigenvalue weighted by molar-refractivity contribution is 0.166. The summed E-state index contributed by atoms with van der Waals surface area (Å²) in [5, 5.41) is 2.79. The molecule has 0 bridgehead atoms. The Balaban J connectivity index is 2.07. The molecule has 1 aromatic carbocycles. The molecule has 142 valence electrons. The molecule has 1 saturated heterocycles. The second kappa shape index (κ2) is 7.27. The predicted molar refractivity (Wildman–Crippen MR) is 105 cm³/mol. The summed E-state index contributed by atoms with van der Waals surface area (Å²) in [6.45, 7) is 8.62. The minimum atomic E-state index is -0.476. The van der Waals surface area contributed by atoms with Gasteiger partial charge in [-0.2, -0.15) is 0 Å². The Morgan fingerprint density at radius 1 is 1.35 bits per heavy atom. The number of nitrogens with one attached hydrogen (secondary N) is 1. The number of rotatable bonds is 3. The van der Waals surface area contributed by atoms with Crippen LogP contribution in [0.3, 0.4) is 0 Å². The Morgan fingerprint density at radius 3 is 2.77 bits per heavy atom. The lowest BCUT2D eigenvalue weighted by Gasteiger charge is -2.34. The van der Waals surface area contributed by atoms with Crippen LogP contribution in [-0.4, -0.2) is 47.3 Å².